The minimum absolute atomic E-state index is 0. The molecule has 0 fully saturated rings. The van der Waals surface area contributed by atoms with Crippen molar-refractivity contribution in [2.75, 3.05) is 18.9 Å². The molecule has 0 saturated heterocycles. The van der Waals surface area contributed by atoms with E-state index >= 15 is 0 Å². The molecule has 0 unspecified atom stereocenters. The lowest BCUT2D eigenvalue weighted by atomic mass is 10.1. The van der Waals surface area contributed by atoms with Crippen LogP contribution >= 0.6 is 24.8 Å². The predicted octanol–water partition coefficient (Wildman–Crippen LogP) is 3.06. The highest BCUT2D eigenvalue weighted by Gasteiger charge is 2.02. The molecule has 120 valence electrons. The van der Waals surface area contributed by atoms with Crippen LogP contribution in [-0.4, -0.2) is 24.5 Å². The van der Waals surface area contributed by atoms with Crippen LogP contribution in [0.15, 0.2) is 48.8 Å². The zero-order valence-electron chi connectivity index (χ0n) is 12.4. The van der Waals surface area contributed by atoms with Crippen molar-refractivity contribution in [1.82, 2.24) is 10.3 Å². The fraction of sp³-hybridized carbons (Fsp3) is 0.250. The van der Waals surface area contributed by atoms with Gasteiger partial charge in [0.25, 0.3) is 0 Å². The molecular weight excluding hydrogens is 321 g/mol. The summed E-state index contributed by atoms with van der Waals surface area (Å²) < 4.78 is 0. The third-order valence-electron chi connectivity index (χ3n) is 3.00. The van der Waals surface area contributed by atoms with Gasteiger partial charge in [0.05, 0.1) is 0 Å². The molecular formula is C16H21Cl2N3O. The molecule has 1 heterocycles. The summed E-state index contributed by atoms with van der Waals surface area (Å²) in [5.74, 6) is 0.0289. The summed E-state index contributed by atoms with van der Waals surface area (Å²) in [6, 6.07) is 12.0. The molecule has 0 aliphatic carbocycles. The molecule has 0 aliphatic rings. The van der Waals surface area contributed by atoms with Crippen LogP contribution in [0.2, 0.25) is 0 Å². The summed E-state index contributed by atoms with van der Waals surface area (Å²) in [4.78, 5) is 15.6. The number of pyridine rings is 1. The maximum Gasteiger partial charge on any atom is 0.225 e. The second-order valence-electron chi connectivity index (χ2n) is 4.63. The molecule has 0 spiro atoms. The van der Waals surface area contributed by atoms with Gasteiger partial charge < -0.3 is 10.6 Å². The van der Waals surface area contributed by atoms with Crippen LogP contribution in [0, 0.1) is 0 Å². The number of aromatic nitrogens is 1. The van der Waals surface area contributed by atoms with Gasteiger partial charge in [-0.15, -0.1) is 24.8 Å². The summed E-state index contributed by atoms with van der Waals surface area (Å²) in [5.41, 5.74) is 3.28. The number of nitrogens with one attached hydrogen (secondary N) is 2. The third kappa shape index (κ3) is 6.89. The average molecular weight is 342 g/mol. The zero-order chi connectivity index (χ0) is 14.2. The Morgan fingerprint density at radius 2 is 1.59 bits per heavy atom. The highest BCUT2D eigenvalue weighted by molar-refractivity contribution is 5.90. The van der Waals surface area contributed by atoms with Crippen LogP contribution in [0.4, 0.5) is 5.69 Å². The smallest absolute Gasteiger partial charge is 0.225 e. The van der Waals surface area contributed by atoms with Gasteiger partial charge in [0.2, 0.25) is 5.91 Å². The first-order valence-electron chi connectivity index (χ1n) is 6.70. The van der Waals surface area contributed by atoms with E-state index in [1.54, 1.807) is 12.4 Å². The molecule has 2 rings (SSSR count). The molecule has 1 aromatic heterocycles. The maximum absolute atomic E-state index is 11.6. The van der Waals surface area contributed by atoms with Gasteiger partial charge in [0, 0.05) is 31.0 Å². The lowest BCUT2D eigenvalue weighted by Crippen LogP contribution is -2.18. The van der Waals surface area contributed by atoms with Crippen LogP contribution in [0.25, 0.3) is 0 Å². The van der Waals surface area contributed by atoms with Gasteiger partial charge in [-0.2, -0.15) is 0 Å². The summed E-state index contributed by atoms with van der Waals surface area (Å²) in [7, 11) is 1.83. The zero-order valence-corrected chi connectivity index (χ0v) is 14.0. The lowest BCUT2D eigenvalue weighted by molar-refractivity contribution is -0.116. The van der Waals surface area contributed by atoms with E-state index in [4.69, 9.17) is 0 Å². The first-order chi connectivity index (χ1) is 9.78. The highest BCUT2D eigenvalue weighted by Crippen LogP contribution is 2.13. The van der Waals surface area contributed by atoms with Gasteiger partial charge in [-0.25, -0.2) is 0 Å². The Balaban J connectivity index is 0.00000220. The van der Waals surface area contributed by atoms with Gasteiger partial charge in [-0.3, -0.25) is 9.78 Å². The summed E-state index contributed by atoms with van der Waals surface area (Å²) >= 11 is 0. The van der Waals surface area contributed by atoms with Crippen molar-refractivity contribution >= 4 is 36.4 Å². The Kier molecular flexibility index (Phi) is 10.2. The number of hydrogen-bond donors (Lipinski definition) is 2. The first-order valence-corrected chi connectivity index (χ1v) is 6.70. The minimum atomic E-state index is 0. The van der Waals surface area contributed by atoms with Gasteiger partial charge in [0.15, 0.2) is 0 Å². The second-order valence-corrected chi connectivity index (χ2v) is 4.63. The molecule has 0 atom stereocenters. The molecule has 2 N–H and O–H groups in total. The predicted molar refractivity (Wildman–Crippen MR) is 95.2 cm³/mol. The van der Waals surface area contributed by atoms with E-state index in [0.29, 0.717) is 13.0 Å². The highest BCUT2D eigenvalue weighted by atomic mass is 35.5. The SMILES string of the molecule is CNCCC(=O)Nc1ccc(Cc2ccncc2)cc1.Cl.Cl. The van der Waals surface area contributed by atoms with E-state index in [9.17, 15) is 4.79 Å². The van der Waals surface area contributed by atoms with E-state index in [0.717, 1.165) is 12.1 Å². The molecule has 0 saturated carbocycles. The van der Waals surface area contributed by atoms with E-state index in [1.807, 2.05) is 43.4 Å². The van der Waals surface area contributed by atoms with Crippen molar-refractivity contribution in [2.45, 2.75) is 12.8 Å². The van der Waals surface area contributed by atoms with Crippen LogP contribution < -0.4 is 10.6 Å². The number of benzene rings is 1. The van der Waals surface area contributed by atoms with E-state index in [1.165, 1.54) is 11.1 Å². The normalized spacial score (nSPS) is 9.32. The number of carbonyl (C=O) groups excluding carboxylic acids is 1. The number of carbonyl (C=O) groups is 1. The fourth-order valence-electron chi connectivity index (χ4n) is 1.90. The molecule has 22 heavy (non-hydrogen) atoms. The maximum atomic E-state index is 11.6. The number of hydrogen-bond acceptors (Lipinski definition) is 3. The largest absolute Gasteiger partial charge is 0.326 e. The number of rotatable bonds is 6. The van der Waals surface area contributed by atoms with Crippen LogP contribution in [-0.2, 0) is 11.2 Å². The number of amides is 1. The van der Waals surface area contributed by atoms with Gasteiger partial charge in [0.1, 0.15) is 0 Å². The van der Waals surface area contributed by atoms with Crippen molar-refractivity contribution in [3.05, 3.63) is 59.9 Å². The molecule has 4 nitrogen and oxygen atoms in total. The summed E-state index contributed by atoms with van der Waals surface area (Å²) in [5, 5.41) is 5.83. The number of anilines is 1. The summed E-state index contributed by atoms with van der Waals surface area (Å²) in [6.07, 6.45) is 4.95. The van der Waals surface area contributed by atoms with E-state index < -0.39 is 0 Å². The molecule has 0 radical (unpaired) electrons. The Bertz CT molecular complexity index is 547. The molecule has 2 aromatic rings. The Morgan fingerprint density at radius 1 is 1.00 bits per heavy atom. The third-order valence-corrected chi connectivity index (χ3v) is 3.00. The Labute approximate surface area is 143 Å². The van der Waals surface area contributed by atoms with Crippen LogP contribution in [0.3, 0.4) is 0 Å². The van der Waals surface area contributed by atoms with Crippen molar-refractivity contribution in [2.24, 2.45) is 0 Å². The summed E-state index contributed by atoms with van der Waals surface area (Å²) in [6.45, 7) is 0.686. The van der Waals surface area contributed by atoms with Crippen molar-refractivity contribution in [3.8, 4) is 0 Å². The van der Waals surface area contributed by atoms with Crippen molar-refractivity contribution in [1.29, 1.82) is 0 Å². The minimum Gasteiger partial charge on any atom is -0.326 e. The standard InChI is InChI=1S/C16H19N3O.2ClH/c1-17-9-8-16(20)19-15-4-2-13(3-5-15)12-14-6-10-18-11-7-14;;/h2-7,10-11,17H,8-9,12H2,1H3,(H,19,20);2*1H. The number of nitrogens with zero attached hydrogens (tertiary/aromatic N) is 1. The number of halogens is 2. The monoisotopic (exact) mass is 341 g/mol. The first kappa shape index (κ1) is 20.4. The topological polar surface area (TPSA) is 54.0 Å². The van der Waals surface area contributed by atoms with Gasteiger partial charge in [-0.1, -0.05) is 12.1 Å². The average Bonchev–Trinajstić information content (AvgIpc) is 2.48. The van der Waals surface area contributed by atoms with Gasteiger partial charge >= 0.3 is 0 Å². The molecule has 0 aliphatic heterocycles. The van der Waals surface area contributed by atoms with E-state index in [-0.39, 0.29) is 30.7 Å². The molecule has 6 heteroatoms. The van der Waals surface area contributed by atoms with Crippen LogP contribution in [0.5, 0.6) is 0 Å². The van der Waals surface area contributed by atoms with Crippen molar-refractivity contribution in [3.63, 3.8) is 0 Å². The van der Waals surface area contributed by atoms with E-state index in [2.05, 4.69) is 15.6 Å². The Hall–Kier alpha value is -1.62. The van der Waals surface area contributed by atoms with Crippen LogP contribution in [0.1, 0.15) is 17.5 Å². The molecule has 0 bridgehead atoms. The fourth-order valence-corrected chi connectivity index (χ4v) is 1.90. The second kappa shape index (κ2) is 11.0. The van der Waals surface area contributed by atoms with Crippen molar-refractivity contribution < 1.29 is 4.79 Å². The Morgan fingerprint density at radius 3 is 2.18 bits per heavy atom. The molecule has 1 aromatic carbocycles. The van der Waals surface area contributed by atoms with Gasteiger partial charge in [-0.05, 0) is 48.9 Å². The quantitative estimate of drug-likeness (QED) is 0.848. The molecule has 1 amide bonds. The lowest BCUT2D eigenvalue weighted by Gasteiger charge is -2.06.